The second kappa shape index (κ2) is 3.42. The molecule has 2 nitrogen and oxygen atoms in total. The van der Waals surface area contributed by atoms with E-state index < -0.39 is 0 Å². The second-order valence-corrected chi connectivity index (χ2v) is 4.58. The van der Waals surface area contributed by atoms with E-state index in [1.165, 1.54) is 21.9 Å². The minimum absolute atomic E-state index is 0.0312. The lowest BCUT2D eigenvalue weighted by molar-refractivity contribution is -0.114. The molecule has 3 heteroatoms. The Kier molecular flexibility index (Phi) is 2.25. The van der Waals surface area contributed by atoms with Gasteiger partial charge in [0.05, 0.1) is 0 Å². The Morgan fingerprint density at radius 1 is 1.36 bits per heavy atom. The van der Waals surface area contributed by atoms with Gasteiger partial charge in [-0.25, -0.2) is 0 Å². The number of rotatable bonds is 1. The highest BCUT2D eigenvalue weighted by molar-refractivity contribution is 7.19. The first-order chi connectivity index (χ1) is 6.65. The van der Waals surface area contributed by atoms with Crippen LogP contribution in [-0.2, 0) is 4.79 Å². The monoisotopic (exact) mass is 205 g/mol. The molecule has 1 N–H and O–H groups in total. The first-order valence-corrected chi connectivity index (χ1v) is 5.24. The molecular formula is C11H11NOS. The standard InChI is InChI=1S/C11H11NOS/c1-7-5-9-6-10(12-8(2)13)3-4-11(9)14-7/h3-6H,1-2H3,(H,12,13). The second-order valence-electron chi connectivity index (χ2n) is 3.29. The number of fused-ring (bicyclic) bond motifs is 1. The van der Waals surface area contributed by atoms with Crippen LogP contribution < -0.4 is 5.32 Å². The lowest BCUT2D eigenvalue weighted by Crippen LogP contribution is -2.05. The Bertz CT molecular complexity index is 487. The van der Waals surface area contributed by atoms with Gasteiger partial charge in [0, 0.05) is 22.2 Å². The van der Waals surface area contributed by atoms with Crippen molar-refractivity contribution < 1.29 is 4.79 Å². The maximum absolute atomic E-state index is 10.8. The molecule has 2 rings (SSSR count). The van der Waals surface area contributed by atoms with Crippen LogP contribution in [0.3, 0.4) is 0 Å². The topological polar surface area (TPSA) is 29.1 Å². The summed E-state index contributed by atoms with van der Waals surface area (Å²) in [6.07, 6.45) is 0. The molecule has 0 aliphatic heterocycles. The van der Waals surface area contributed by atoms with E-state index in [2.05, 4.69) is 18.3 Å². The summed E-state index contributed by atoms with van der Waals surface area (Å²) in [5.74, 6) is -0.0312. The summed E-state index contributed by atoms with van der Waals surface area (Å²) >= 11 is 1.77. The van der Waals surface area contributed by atoms with Crippen molar-refractivity contribution in [3.05, 3.63) is 29.1 Å². The molecule has 0 unspecified atom stereocenters. The van der Waals surface area contributed by atoms with E-state index >= 15 is 0 Å². The molecule has 1 aromatic carbocycles. The van der Waals surface area contributed by atoms with Gasteiger partial charge in [-0.2, -0.15) is 0 Å². The van der Waals surface area contributed by atoms with Crippen LogP contribution in [0.4, 0.5) is 5.69 Å². The highest BCUT2D eigenvalue weighted by Gasteiger charge is 2.00. The molecule has 1 aromatic heterocycles. The molecule has 0 aliphatic carbocycles. The van der Waals surface area contributed by atoms with E-state index in [-0.39, 0.29) is 5.91 Å². The summed E-state index contributed by atoms with van der Waals surface area (Å²) in [5.41, 5.74) is 0.864. The zero-order chi connectivity index (χ0) is 10.1. The van der Waals surface area contributed by atoms with Crippen LogP contribution in [0.25, 0.3) is 10.1 Å². The largest absolute Gasteiger partial charge is 0.326 e. The Labute approximate surface area is 86.6 Å². The van der Waals surface area contributed by atoms with Crippen LogP contribution >= 0.6 is 11.3 Å². The van der Waals surface area contributed by atoms with Crippen molar-refractivity contribution in [2.75, 3.05) is 5.32 Å². The fourth-order valence-electron chi connectivity index (χ4n) is 1.46. The molecule has 1 amide bonds. The third kappa shape index (κ3) is 1.77. The molecule has 0 radical (unpaired) electrons. The molecule has 72 valence electrons. The van der Waals surface area contributed by atoms with Gasteiger partial charge in [0.25, 0.3) is 0 Å². The summed E-state index contributed by atoms with van der Waals surface area (Å²) in [5, 5.41) is 3.97. The number of carbonyl (C=O) groups is 1. The number of aryl methyl sites for hydroxylation is 1. The number of anilines is 1. The number of carbonyl (C=O) groups excluding carboxylic acids is 1. The molecule has 0 spiro atoms. The van der Waals surface area contributed by atoms with Gasteiger partial charge in [-0.15, -0.1) is 11.3 Å². The van der Waals surface area contributed by atoms with E-state index in [9.17, 15) is 4.79 Å². The van der Waals surface area contributed by atoms with E-state index in [1.54, 1.807) is 11.3 Å². The zero-order valence-corrected chi connectivity index (χ0v) is 8.94. The Balaban J connectivity index is 2.45. The third-order valence-electron chi connectivity index (χ3n) is 1.96. The molecule has 0 saturated carbocycles. The molecule has 1 heterocycles. The number of thiophene rings is 1. The Morgan fingerprint density at radius 2 is 2.14 bits per heavy atom. The molecule has 0 aliphatic rings. The van der Waals surface area contributed by atoms with Gasteiger partial charge in [-0.05, 0) is 36.6 Å². The van der Waals surface area contributed by atoms with Gasteiger partial charge in [-0.3, -0.25) is 4.79 Å². The summed E-state index contributed by atoms with van der Waals surface area (Å²) < 4.78 is 1.26. The van der Waals surface area contributed by atoms with E-state index in [0.29, 0.717) is 0 Å². The summed E-state index contributed by atoms with van der Waals surface area (Å²) in [7, 11) is 0. The predicted molar refractivity (Wildman–Crippen MR) is 60.9 cm³/mol. The maximum atomic E-state index is 10.8. The molecule has 0 saturated heterocycles. The van der Waals surface area contributed by atoms with Crippen molar-refractivity contribution in [3.8, 4) is 0 Å². The lowest BCUT2D eigenvalue weighted by Gasteiger charge is -2.00. The normalized spacial score (nSPS) is 10.4. The molecule has 2 aromatic rings. The minimum atomic E-state index is -0.0312. The lowest BCUT2D eigenvalue weighted by atomic mass is 10.2. The predicted octanol–water partition coefficient (Wildman–Crippen LogP) is 3.17. The summed E-state index contributed by atoms with van der Waals surface area (Å²) in [4.78, 5) is 12.1. The number of amides is 1. The summed E-state index contributed by atoms with van der Waals surface area (Å²) in [6, 6.07) is 8.10. The first kappa shape index (κ1) is 9.21. The average Bonchev–Trinajstić information content (AvgIpc) is 2.42. The Morgan fingerprint density at radius 3 is 2.86 bits per heavy atom. The van der Waals surface area contributed by atoms with Gasteiger partial charge >= 0.3 is 0 Å². The van der Waals surface area contributed by atoms with Crippen LogP contribution in [0.2, 0.25) is 0 Å². The SMILES string of the molecule is CC(=O)Nc1ccc2sc(C)cc2c1. The van der Waals surface area contributed by atoms with Gasteiger partial charge in [-0.1, -0.05) is 0 Å². The number of benzene rings is 1. The number of hydrogen-bond acceptors (Lipinski definition) is 2. The van der Waals surface area contributed by atoms with Crippen molar-refractivity contribution in [1.29, 1.82) is 0 Å². The van der Waals surface area contributed by atoms with Crippen LogP contribution in [-0.4, -0.2) is 5.91 Å². The molecular weight excluding hydrogens is 194 g/mol. The van der Waals surface area contributed by atoms with E-state index in [1.807, 2.05) is 18.2 Å². The fourth-order valence-corrected chi connectivity index (χ4v) is 2.36. The minimum Gasteiger partial charge on any atom is -0.326 e. The highest BCUT2D eigenvalue weighted by atomic mass is 32.1. The van der Waals surface area contributed by atoms with Crippen molar-refractivity contribution in [1.82, 2.24) is 0 Å². The zero-order valence-electron chi connectivity index (χ0n) is 8.13. The van der Waals surface area contributed by atoms with Crippen LogP contribution in [0.5, 0.6) is 0 Å². The number of nitrogens with one attached hydrogen (secondary N) is 1. The quantitative estimate of drug-likeness (QED) is 0.761. The maximum Gasteiger partial charge on any atom is 0.221 e. The van der Waals surface area contributed by atoms with Crippen molar-refractivity contribution in [3.63, 3.8) is 0 Å². The molecule has 0 fully saturated rings. The summed E-state index contributed by atoms with van der Waals surface area (Å²) in [6.45, 7) is 3.60. The van der Waals surface area contributed by atoms with Crippen LogP contribution in [0, 0.1) is 6.92 Å². The van der Waals surface area contributed by atoms with Crippen molar-refractivity contribution >= 4 is 33.0 Å². The van der Waals surface area contributed by atoms with Crippen molar-refractivity contribution in [2.24, 2.45) is 0 Å². The van der Waals surface area contributed by atoms with Gasteiger partial charge in [0.15, 0.2) is 0 Å². The fraction of sp³-hybridized carbons (Fsp3) is 0.182. The third-order valence-corrected chi connectivity index (χ3v) is 2.99. The molecule has 0 atom stereocenters. The van der Waals surface area contributed by atoms with Crippen LogP contribution in [0.15, 0.2) is 24.3 Å². The van der Waals surface area contributed by atoms with E-state index in [0.717, 1.165) is 5.69 Å². The highest BCUT2D eigenvalue weighted by Crippen LogP contribution is 2.27. The van der Waals surface area contributed by atoms with Gasteiger partial charge in [0.1, 0.15) is 0 Å². The Hall–Kier alpha value is -1.35. The van der Waals surface area contributed by atoms with E-state index in [4.69, 9.17) is 0 Å². The van der Waals surface area contributed by atoms with Gasteiger partial charge in [0.2, 0.25) is 5.91 Å². The van der Waals surface area contributed by atoms with Crippen molar-refractivity contribution in [2.45, 2.75) is 13.8 Å². The molecule has 0 bridgehead atoms. The molecule has 14 heavy (non-hydrogen) atoms. The number of hydrogen-bond donors (Lipinski definition) is 1. The average molecular weight is 205 g/mol. The van der Waals surface area contributed by atoms with Gasteiger partial charge < -0.3 is 5.32 Å². The first-order valence-electron chi connectivity index (χ1n) is 4.43. The van der Waals surface area contributed by atoms with Crippen LogP contribution in [0.1, 0.15) is 11.8 Å². The smallest absolute Gasteiger partial charge is 0.221 e.